The Morgan fingerprint density at radius 1 is 0.922 bits per heavy atom. The van der Waals surface area contributed by atoms with Crippen molar-refractivity contribution in [2.24, 2.45) is 45.5 Å². The summed E-state index contributed by atoms with van der Waals surface area (Å²) in [6, 6.07) is 7.92. The number of benzene rings is 3. The molecule has 0 aliphatic carbocycles. The van der Waals surface area contributed by atoms with Crippen molar-refractivity contribution in [2.45, 2.75) is 131 Å². The quantitative estimate of drug-likeness (QED) is 0.0648. The summed E-state index contributed by atoms with van der Waals surface area (Å²) in [5.41, 5.74) is 2.45. The highest BCUT2D eigenvalue weighted by Crippen LogP contribution is 2.50. The lowest BCUT2D eigenvalue weighted by molar-refractivity contribution is -0.168. The Balaban J connectivity index is 0.00000387. The maximum Gasteiger partial charge on any atom is 0.318 e. The number of likely N-dealkylation sites (tertiary alicyclic amines) is 1. The predicted molar refractivity (Wildman–Crippen MR) is 291 cm³/mol. The van der Waals surface area contributed by atoms with E-state index >= 15 is 0 Å². The van der Waals surface area contributed by atoms with Gasteiger partial charge in [0.1, 0.15) is 34.6 Å². The number of Topliss-reactive ketones (excluding diaryl/α,β-unsaturated/α-hetero) is 1. The lowest BCUT2D eigenvalue weighted by Gasteiger charge is -2.37. The third-order valence-corrected chi connectivity index (χ3v) is 16.3. The molecule has 10 rings (SSSR count). The molecule has 18 heteroatoms. The summed E-state index contributed by atoms with van der Waals surface area (Å²) in [6.45, 7) is 20.6. The molecule has 7 heterocycles. The number of aromatic hydroxyl groups is 2. The number of carbonyl (C=O) groups excluding carboxylic acids is 4. The molecular formula is C59H76N6O12. The third-order valence-electron chi connectivity index (χ3n) is 16.3. The van der Waals surface area contributed by atoms with Gasteiger partial charge in [0.25, 0.3) is 11.7 Å². The van der Waals surface area contributed by atoms with Gasteiger partial charge in [0.2, 0.25) is 5.91 Å². The SMILES string of the molecule is C/C1=C/C=C/[C@H](C)[C@H](O)[C@@H](C)C(O)[C@@H](C)C(OC(=O)C(C)C(=O)N2CCc3[nH]c4ccccc4c3C2)[C@H](C)C/C=C/OC2(C)Oc3c(C)c(O)c4c(O)c(c5c(c4c3C2=O)=NC2(CCN(CC(C)C)CC2)N=5)NC1=O.CO. The van der Waals surface area contributed by atoms with Crippen LogP contribution in [0.25, 0.3) is 21.7 Å². The number of ether oxygens (including phenoxy) is 3. The molecule has 0 saturated carbocycles. The van der Waals surface area contributed by atoms with Crippen LogP contribution in [0.2, 0.25) is 0 Å². The van der Waals surface area contributed by atoms with E-state index in [2.05, 4.69) is 29.0 Å². The lowest BCUT2D eigenvalue weighted by atomic mass is 9.79. The largest absolute Gasteiger partial charge is 0.507 e. The number of allylic oxidation sites excluding steroid dienone is 3. The predicted octanol–water partition coefficient (Wildman–Crippen LogP) is 6.42. The number of phenolic OH excluding ortho intramolecular Hbond substituents is 2. The van der Waals surface area contributed by atoms with Gasteiger partial charge in [-0.3, -0.25) is 29.2 Å². The Morgan fingerprint density at radius 2 is 1.61 bits per heavy atom. The Hall–Kier alpha value is -6.60. The van der Waals surface area contributed by atoms with Crippen molar-refractivity contribution >= 4 is 50.9 Å². The number of aliphatic hydroxyl groups excluding tert-OH is 3. The molecule has 4 unspecified atom stereocenters. The summed E-state index contributed by atoms with van der Waals surface area (Å²) in [7, 11) is 1.00. The second kappa shape index (κ2) is 22.4. The lowest BCUT2D eigenvalue weighted by Crippen LogP contribution is -2.46. The number of rotatable bonds is 5. The molecular weight excluding hydrogens is 985 g/mol. The number of hydrogen-bond donors (Lipinski definition) is 7. The molecule has 1 aromatic heterocycles. The van der Waals surface area contributed by atoms with Crippen LogP contribution in [0.4, 0.5) is 5.69 Å². The number of anilines is 1. The average molecular weight is 1060 g/mol. The molecule has 18 nitrogen and oxygen atoms in total. The number of phenols is 2. The highest BCUT2D eigenvalue weighted by Gasteiger charge is 2.50. The Morgan fingerprint density at radius 3 is 2.31 bits per heavy atom. The van der Waals surface area contributed by atoms with Crippen LogP contribution in [0.1, 0.15) is 109 Å². The molecule has 7 N–H and O–H groups in total. The van der Waals surface area contributed by atoms with Crippen molar-refractivity contribution in [1.29, 1.82) is 0 Å². The van der Waals surface area contributed by atoms with Gasteiger partial charge >= 0.3 is 11.8 Å². The molecule has 6 aliphatic heterocycles. The second-order valence-electron chi connectivity index (χ2n) is 22.3. The molecule has 1 fully saturated rings. The van der Waals surface area contributed by atoms with Crippen molar-refractivity contribution in [3.05, 3.63) is 93.5 Å². The summed E-state index contributed by atoms with van der Waals surface area (Å²) in [5.74, 6) is -8.35. The molecule has 6 aliphatic rings. The first-order valence-corrected chi connectivity index (χ1v) is 26.9. The Bertz CT molecular complexity index is 3190. The number of carbonyl (C=O) groups is 4. The van der Waals surface area contributed by atoms with Crippen LogP contribution in [0.15, 0.2) is 70.4 Å². The summed E-state index contributed by atoms with van der Waals surface area (Å²) in [4.78, 5) is 75.1. The summed E-state index contributed by atoms with van der Waals surface area (Å²) in [6.07, 6.45) is 6.52. The molecule has 0 radical (unpaired) electrons. The summed E-state index contributed by atoms with van der Waals surface area (Å²) in [5, 5.41) is 59.1. The molecule has 2 amide bonds. The van der Waals surface area contributed by atoms with Crippen molar-refractivity contribution in [3.8, 4) is 17.2 Å². The average Bonchev–Trinajstić information content (AvgIpc) is 4.21. The van der Waals surface area contributed by atoms with Gasteiger partial charge < -0.3 is 59.8 Å². The summed E-state index contributed by atoms with van der Waals surface area (Å²) < 4.78 is 18.8. The topological polar surface area (TPSA) is 256 Å². The molecule has 9 atom stereocenters. The standard InChI is InChI=1S/C58H72N6O11.CH4O/c1-29(2)27-63-24-21-58(22-25-63)61-44-41-42-49(67)35(8)52-43(41)53(69)57(10,75-52)73-26-14-17-31(4)51(74-56(72)36(9)55(71)64-23-20-40-38(28-64)37-18-11-12-19-39(37)59-40)34(7)48(66)33(6)47(65)30(3)15-13-16-32(5)54(70)60-46(50(42)68)45(44)62-58;1-2/h11-16,18-19,26,29-31,33-34,36,47-48,51,59,65-68H,17,20-25,27-28H2,1-10H3,(H,60,70);2H,1H3/b15-13+,26-14+,32-16-;/t30-,31+,33+,34+,36?,47-,48?,51?,57?;/m0./s1. The number of nitrogens with zero attached hydrogens (tertiary/aromatic N) is 4. The van der Waals surface area contributed by atoms with Gasteiger partial charge in [-0.15, -0.1) is 0 Å². The Kier molecular flexibility index (Phi) is 16.5. The van der Waals surface area contributed by atoms with Crippen molar-refractivity contribution in [1.82, 2.24) is 14.8 Å². The number of fused-ring (bicyclic) bond motifs is 16. The number of H-pyrrole nitrogens is 1. The minimum absolute atomic E-state index is 0.0354. The maximum absolute atomic E-state index is 14.9. The minimum atomic E-state index is -1.96. The van der Waals surface area contributed by atoms with Gasteiger partial charge in [-0.1, -0.05) is 78.0 Å². The molecule has 3 aromatic carbocycles. The monoisotopic (exact) mass is 1060 g/mol. The summed E-state index contributed by atoms with van der Waals surface area (Å²) >= 11 is 0. The van der Waals surface area contributed by atoms with Gasteiger partial charge in [-0.05, 0) is 51.2 Å². The number of ketones is 1. The maximum atomic E-state index is 14.9. The molecule has 1 spiro atoms. The van der Waals surface area contributed by atoms with E-state index in [0.717, 1.165) is 35.8 Å². The van der Waals surface area contributed by atoms with Gasteiger partial charge in [-0.25, -0.2) is 0 Å². The number of hydrogen-bond acceptors (Lipinski definition) is 15. The molecule has 1 saturated heterocycles. The fraction of sp³-hybridized carbons (Fsp3) is 0.525. The normalized spacial score (nSPS) is 28.5. The number of para-hydroxylation sites is 1. The smallest absolute Gasteiger partial charge is 0.318 e. The number of aromatic nitrogens is 1. The fourth-order valence-corrected chi connectivity index (χ4v) is 11.7. The highest BCUT2D eigenvalue weighted by molar-refractivity contribution is 6.19. The molecule has 4 aromatic rings. The van der Waals surface area contributed by atoms with Gasteiger partial charge in [0.15, 0.2) is 11.4 Å². The third kappa shape index (κ3) is 10.6. The van der Waals surface area contributed by atoms with Crippen LogP contribution >= 0.6 is 0 Å². The van der Waals surface area contributed by atoms with E-state index in [9.17, 15) is 39.6 Å². The molecule has 5 bridgehead atoms. The van der Waals surface area contributed by atoms with Crippen molar-refractivity contribution in [2.75, 3.05) is 38.6 Å². The van der Waals surface area contributed by atoms with Crippen LogP contribution in [0.3, 0.4) is 0 Å². The highest BCUT2D eigenvalue weighted by atomic mass is 16.7. The van der Waals surface area contributed by atoms with Gasteiger partial charge in [0, 0.05) is 122 Å². The van der Waals surface area contributed by atoms with Crippen molar-refractivity contribution in [3.63, 3.8) is 0 Å². The molecule has 414 valence electrons. The number of nitrogens with one attached hydrogen (secondary N) is 2. The zero-order valence-corrected chi connectivity index (χ0v) is 46.1. The molecule has 77 heavy (non-hydrogen) atoms. The first-order chi connectivity index (χ1) is 36.5. The number of amides is 2. The Labute approximate surface area is 449 Å². The number of aliphatic hydroxyl groups is 3. The van der Waals surface area contributed by atoms with Crippen LogP contribution in [0, 0.1) is 42.4 Å². The van der Waals surface area contributed by atoms with Crippen LogP contribution in [-0.4, -0.2) is 127 Å². The van der Waals surface area contributed by atoms with E-state index in [1.165, 1.54) is 20.1 Å². The number of piperidine rings is 1. The zero-order valence-electron chi connectivity index (χ0n) is 46.1. The number of aromatic amines is 1. The van der Waals surface area contributed by atoms with E-state index in [0.29, 0.717) is 51.4 Å². The second-order valence-corrected chi connectivity index (χ2v) is 22.3. The van der Waals surface area contributed by atoms with E-state index in [4.69, 9.17) is 29.3 Å². The first-order valence-electron chi connectivity index (χ1n) is 26.9. The van der Waals surface area contributed by atoms with Gasteiger partial charge in [0.05, 0.1) is 34.8 Å². The van der Waals surface area contributed by atoms with E-state index in [1.807, 2.05) is 31.2 Å². The van der Waals surface area contributed by atoms with Crippen LogP contribution < -0.4 is 20.8 Å². The zero-order chi connectivity index (χ0) is 56.0. The van der Waals surface area contributed by atoms with Gasteiger partial charge in [-0.2, -0.15) is 0 Å². The van der Waals surface area contributed by atoms with E-state index in [1.54, 1.807) is 63.8 Å². The number of esters is 1. The van der Waals surface area contributed by atoms with E-state index in [-0.39, 0.29) is 67.7 Å². The van der Waals surface area contributed by atoms with Crippen LogP contribution in [0.5, 0.6) is 17.2 Å². The first kappa shape index (κ1) is 56.6. The van der Waals surface area contributed by atoms with E-state index < -0.39 is 82.8 Å². The fourth-order valence-electron chi connectivity index (χ4n) is 11.7. The minimum Gasteiger partial charge on any atom is -0.507 e. The van der Waals surface area contributed by atoms with Crippen molar-refractivity contribution < 1.29 is 58.9 Å². The van der Waals surface area contributed by atoms with Crippen LogP contribution in [-0.2, 0) is 36.8 Å².